The SMILES string of the molecule is CCOCCNC(=O)C1CN(c2cc(C)c3c(=O)c(C(=O)O)cn(-c4nc(-c5ccc(C)nc5)ns4)c3n2)C1. The number of carbonyl (C=O) groups is 2. The first-order chi connectivity index (χ1) is 18.8. The van der Waals surface area contributed by atoms with Gasteiger partial charge in [0.05, 0.1) is 17.9 Å². The zero-order chi connectivity index (χ0) is 27.7. The summed E-state index contributed by atoms with van der Waals surface area (Å²) in [6, 6.07) is 5.45. The topological polar surface area (TPSA) is 152 Å². The van der Waals surface area contributed by atoms with Gasteiger partial charge in [-0.2, -0.15) is 9.36 Å². The molecule has 12 nitrogen and oxygen atoms in total. The standard InChI is InChI=1S/C26H27N7O5S/c1-4-38-8-7-27-24(35)17-11-32(12-17)19-9-14(2)20-21(34)18(25(36)37)13-33(23(20)29-19)26-30-22(31-39-26)16-6-5-15(3)28-10-16/h5-6,9-10,13,17H,4,7-8,11-12H2,1-3H3,(H,27,35)(H,36,37). The van der Waals surface area contributed by atoms with Gasteiger partial charge in [0.15, 0.2) is 11.5 Å². The van der Waals surface area contributed by atoms with Crippen molar-refractivity contribution in [1.82, 2.24) is 29.2 Å². The van der Waals surface area contributed by atoms with Gasteiger partial charge < -0.3 is 20.1 Å². The third-order valence-corrected chi connectivity index (χ3v) is 7.21. The van der Waals surface area contributed by atoms with E-state index in [1.54, 1.807) is 19.2 Å². The van der Waals surface area contributed by atoms with E-state index in [1.165, 1.54) is 10.8 Å². The Morgan fingerprint density at radius 1 is 1.23 bits per heavy atom. The zero-order valence-electron chi connectivity index (χ0n) is 21.7. The van der Waals surface area contributed by atoms with Gasteiger partial charge in [0.2, 0.25) is 16.5 Å². The van der Waals surface area contributed by atoms with Crippen LogP contribution in [0.15, 0.2) is 35.4 Å². The Morgan fingerprint density at radius 2 is 2.03 bits per heavy atom. The number of pyridine rings is 3. The van der Waals surface area contributed by atoms with Crippen LogP contribution >= 0.6 is 11.5 Å². The molecule has 1 saturated heterocycles. The third-order valence-electron chi connectivity index (χ3n) is 6.49. The fourth-order valence-corrected chi connectivity index (χ4v) is 5.00. The highest BCUT2D eigenvalue weighted by molar-refractivity contribution is 7.08. The van der Waals surface area contributed by atoms with Crippen molar-refractivity contribution in [2.75, 3.05) is 37.7 Å². The van der Waals surface area contributed by atoms with Crippen molar-refractivity contribution in [3.63, 3.8) is 0 Å². The Kier molecular flexibility index (Phi) is 7.35. The molecule has 1 amide bonds. The maximum absolute atomic E-state index is 13.1. The number of aromatic carboxylic acids is 1. The van der Waals surface area contributed by atoms with Gasteiger partial charge in [-0.3, -0.25) is 19.1 Å². The van der Waals surface area contributed by atoms with Crippen molar-refractivity contribution in [3.8, 4) is 16.5 Å². The van der Waals surface area contributed by atoms with Crippen LogP contribution in [0.1, 0.15) is 28.5 Å². The average molecular weight is 550 g/mol. The second-order valence-electron chi connectivity index (χ2n) is 9.22. The lowest BCUT2D eigenvalue weighted by atomic mass is 9.98. The summed E-state index contributed by atoms with van der Waals surface area (Å²) >= 11 is 1.06. The van der Waals surface area contributed by atoms with Crippen LogP contribution < -0.4 is 15.6 Å². The van der Waals surface area contributed by atoms with Crippen molar-refractivity contribution < 1.29 is 19.4 Å². The Hall–Kier alpha value is -4.23. The van der Waals surface area contributed by atoms with Gasteiger partial charge in [-0.15, -0.1) is 0 Å². The summed E-state index contributed by atoms with van der Waals surface area (Å²) < 4.78 is 11.2. The summed E-state index contributed by atoms with van der Waals surface area (Å²) in [5.74, 6) is -0.553. The van der Waals surface area contributed by atoms with E-state index in [-0.39, 0.29) is 28.4 Å². The van der Waals surface area contributed by atoms with Crippen LogP contribution in [0.4, 0.5) is 5.82 Å². The Morgan fingerprint density at radius 3 is 2.72 bits per heavy atom. The van der Waals surface area contributed by atoms with Gasteiger partial charge in [0.1, 0.15) is 11.4 Å². The normalized spacial score (nSPS) is 13.5. The molecule has 5 rings (SSSR count). The van der Waals surface area contributed by atoms with E-state index in [9.17, 15) is 19.5 Å². The van der Waals surface area contributed by atoms with E-state index in [2.05, 4.69) is 19.7 Å². The lowest BCUT2D eigenvalue weighted by molar-refractivity contribution is -0.125. The fraction of sp³-hybridized carbons (Fsp3) is 0.346. The minimum absolute atomic E-state index is 0.0431. The number of hydrogen-bond acceptors (Lipinski definition) is 10. The molecule has 5 heterocycles. The maximum atomic E-state index is 13.1. The summed E-state index contributed by atoms with van der Waals surface area (Å²) in [5, 5.41) is 13.2. The van der Waals surface area contributed by atoms with Crippen molar-refractivity contribution in [3.05, 3.63) is 57.6 Å². The molecule has 1 aliphatic heterocycles. The molecular weight excluding hydrogens is 522 g/mol. The number of ether oxygens (including phenoxy) is 1. The van der Waals surface area contributed by atoms with Crippen LogP contribution in [0.25, 0.3) is 27.6 Å². The molecule has 0 spiro atoms. The highest BCUT2D eigenvalue weighted by Gasteiger charge is 2.34. The van der Waals surface area contributed by atoms with E-state index in [1.807, 2.05) is 30.9 Å². The lowest BCUT2D eigenvalue weighted by Crippen LogP contribution is -2.54. The summed E-state index contributed by atoms with van der Waals surface area (Å²) in [6.07, 6.45) is 2.91. The lowest BCUT2D eigenvalue weighted by Gasteiger charge is -2.39. The molecule has 0 aromatic carbocycles. The average Bonchev–Trinajstić information content (AvgIpc) is 3.36. The number of carboxylic acid groups (broad SMARTS) is 1. The van der Waals surface area contributed by atoms with Gasteiger partial charge in [0, 0.05) is 61.4 Å². The van der Waals surface area contributed by atoms with Crippen LogP contribution in [0.5, 0.6) is 0 Å². The fourth-order valence-electron chi connectivity index (χ4n) is 4.33. The number of aromatic nitrogens is 5. The van der Waals surface area contributed by atoms with Gasteiger partial charge in [0.25, 0.3) is 0 Å². The smallest absolute Gasteiger partial charge is 0.341 e. The predicted octanol–water partition coefficient (Wildman–Crippen LogP) is 2.20. The second-order valence-corrected chi connectivity index (χ2v) is 9.95. The van der Waals surface area contributed by atoms with Crippen molar-refractivity contribution in [1.29, 1.82) is 0 Å². The van der Waals surface area contributed by atoms with E-state index in [0.717, 1.165) is 17.2 Å². The number of anilines is 1. The monoisotopic (exact) mass is 549 g/mol. The summed E-state index contributed by atoms with van der Waals surface area (Å²) in [5.41, 5.74) is 1.41. The van der Waals surface area contributed by atoms with Crippen LogP contribution in [-0.4, -0.2) is 73.7 Å². The Bertz CT molecular complexity index is 1610. The molecule has 0 bridgehead atoms. The number of hydrogen-bond donors (Lipinski definition) is 2. The van der Waals surface area contributed by atoms with Crippen molar-refractivity contribution >= 4 is 40.3 Å². The van der Waals surface area contributed by atoms with Crippen LogP contribution in [0, 0.1) is 19.8 Å². The molecule has 4 aromatic heterocycles. The maximum Gasteiger partial charge on any atom is 0.341 e. The van der Waals surface area contributed by atoms with Crippen molar-refractivity contribution in [2.24, 2.45) is 5.92 Å². The van der Waals surface area contributed by atoms with E-state index < -0.39 is 11.4 Å². The number of carboxylic acids is 1. The molecule has 0 radical (unpaired) electrons. The predicted molar refractivity (Wildman–Crippen MR) is 146 cm³/mol. The van der Waals surface area contributed by atoms with Crippen LogP contribution in [0.2, 0.25) is 0 Å². The Balaban J connectivity index is 1.49. The molecule has 1 aliphatic rings. The van der Waals surface area contributed by atoms with Crippen molar-refractivity contribution in [2.45, 2.75) is 20.8 Å². The number of amides is 1. The van der Waals surface area contributed by atoms with Gasteiger partial charge in [-0.05, 0) is 44.5 Å². The molecule has 4 aromatic rings. The van der Waals surface area contributed by atoms with E-state index in [0.29, 0.717) is 60.7 Å². The number of carbonyl (C=O) groups excluding carboxylic acids is 1. The number of nitrogens with zero attached hydrogens (tertiary/aromatic N) is 6. The first kappa shape index (κ1) is 26.4. The Labute approximate surface area is 227 Å². The molecule has 39 heavy (non-hydrogen) atoms. The zero-order valence-corrected chi connectivity index (χ0v) is 22.5. The van der Waals surface area contributed by atoms with Gasteiger partial charge in [-0.1, -0.05) is 0 Å². The number of rotatable bonds is 9. The molecule has 13 heteroatoms. The molecule has 202 valence electrons. The summed E-state index contributed by atoms with van der Waals surface area (Å²) in [7, 11) is 0. The summed E-state index contributed by atoms with van der Waals surface area (Å²) in [6.45, 7) is 7.98. The highest BCUT2D eigenvalue weighted by Crippen LogP contribution is 2.29. The molecule has 0 aliphatic carbocycles. The minimum atomic E-state index is -1.34. The number of fused-ring (bicyclic) bond motifs is 1. The van der Waals surface area contributed by atoms with Gasteiger partial charge in [-0.25, -0.2) is 9.78 Å². The minimum Gasteiger partial charge on any atom is -0.477 e. The number of aryl methyl sites for hydroxylation is 2. The van der Waals surface area contributed by atoms with Gasteiger partial charge >= 0.3 is 5.97 Å². The quantitative estimate of drug-likeness (QED) is 0.297. The first-order valence-electron chi connectivity index (χ1n) is 12.4. The molecule has 2 N–H and O–H groups in total. The largest absolute Gasteiger partial charge is 0.477 e. The molecular formula is C26H27N7O5S. The molecule has 1 fully saturated rings. The molecule has 0 unspecified atom stereocenters. The first-order valence-corrected chi connectivity index (χ1v) is 13.2. The van der Waals surface area contributed by atoms with Crippen LogP contribution in [-0.2, 0) is 9.53 Å². The van der Waals surface area contributed by atoms with E-state index >= 15 is 0 Å². The highest BCUT2D eigenvalue weighted by atomic mass is 32.1. The van der Waals surface area contributed by atoms with Crippen LogP contribution in [0.3, 0.4) is 0 Å². The second kappa shape index (κ2) is 10.9. The molecule has 0 saturated carbocycles. The van der Waals surface area contributed by atoms with E-state index in [4.69, 9.17) is 9.72 Å². The molecule has 0 atom stereocenters. The summed E-state index contributed by atoms with van der Waals surface area (Å²) in [4.78, 5) is 53.1. The number of nitrogens with one attached hydrogen (secondary N) is 1. The third kappa shape index (κ3) is 5.22.